The third-order valence-corrected chi connectivity index (χ3v) is 2.63. The zero-order chi connectivity index (χ0) is 20.1. The van der Waals surface area contributed by atoms with Gasteiger partial charge in [0.05, 0.1) is 6.54 Å². The fourth-order valence-corrected chi connectivity index (χ4v) is 1.37. The lowest BCUT2D eigenvalue weighted by Gasteiger charge is -2.19. The summed E-state index contributed by atoms with van der Waals surface area (Å²) in [5.41, 5.74) is 0. The maximum absolute atomic E-state index is 13.2. The minimum Gasteiger partial charge on any atom is -0.542 e. The number of hydrogen-bond donors (Lipinski definition) is 0. The monoisotopic (exact) mass is 388 g/mol. The van der Waals surface area contributed by atoms with Gasteiger partial charge in [0.15, 0.2) is 0 Å². The Morgan fingerprint density at radius 3 is 2.00 bits per heavy atom. The molecule has 0 aromatic carbocycles. The van der Waals surface area contributed by atoms with Gasteiger partial charge in [0.25, 0.3) is 0 Å². The van der Waals surface area contributed by atoms with E-state index >= 15 is 0 Å². The average molecular weight is 388 g/mol. The number of carbonyl (C=O) groups excluding carboxylic acids is 1. The number of carboxylic acids is 1. The van der Waals surface area contributed by atoms with Crippen molar-refractivity contribution in [1.29, 1.82) is 0 Å². The molecule has 0 aliphatic carbocycles. The summed E-state index contributed by atoms with van der Waals surface area (Å²) in [5.74, 6) is -3.01. The van der Waals surface area contributed by atoms with Gasteiger partial charge in [-0.15, -0.1) is 0 Å². The number of nitrogens with zero attached hydrogens (tertiary/aromatic N) is 2. The van der Waals surface area contributed by atoms with Crippen molar-refractivity contribution in [2.45, 2.75) is 50.9 Å². The molecule has 0 aliphatic rings. The highest BCUT2D eigenvalue weighted by Crippen LogP contribution is 2.37. The first-order valence-corrected chi connectivity index (χ1v) is 6.58. The number of carboxylic acid groups (broad SMARTS) is 1. The third-order valence-electron chi connectivity index (χ3n) is 2.63. The molecule has 1 aromatic rings. The Kier molecular flexibility index (Phi) is 7.77. The number of halogens is 9. The lowest BCUT2D eigenvalue weighted by atomic mass is 10.3. The van der Waals surface area contributed by atoms with Crippen molar-refractivity contribution >= 4 is 5.97 Å². The van der Waals surface area contributed by atoms with Crippen LogP contribution in [0.5, 0.6) is 0 Å². The number of carbonyl (C=O) groups is 1. The second-order valence-corrected chi connectivity index (χ2v) is 4.69. The Balaban J connectivity index is 0.000000697. The van der Waals surface area contributed by atoms with Gasteiger partial charge in [-0.25, -0.2) is 8.96 Å². The summed E-state index contributed by atoms with van der Waals surface area (Å²) in [6.45, 7) is 2.27. The number of alkyl halides is 9. The Morgan fingerprint density at radius 2 is 1.64 bits per heavy atom. The van der Waals surface area contributed by atoms with Crippen LogP contribution >= 0.6 is 0 Å². The first-order chi connectivity index (χ1) is 11.1. The first kappa shape index (κ1) is 23.1. The van der Waals surface area contributed by atoms with Crippen molar-refractivity contribution in [3.8, 4) is 0 Å². The van der Waals surface area contributed by atoms with Crippen molar-refractivity contribution in [2.24, 2.45) is 0 Å². The van der Waals surface area contributed by atoms with Gasteiger partial charge >= 0.3 is 24.6 Å². The first-order valence-electron chi connectivity index (χ1n) is 6.58. The third kappa shape index (κ3) is 7.22. The van der Waals surface area contributed by atoms with Crippen molar-refractivity contribution < 1.29 is 54.0 Å². The van der Waals surface area contributed by atoms with Gasteiger partial charge in [0.2, 0.25) is 6.33 Å². The number of hydrogen-bond acceptors (Lipinski definition) is 2. The van der Waals surface area contributed by atoms with Crippen molar-refractivity contribution in [3.05, 3.63) is 18.7 Å². The summed E-state index contributed by atoms with van der Waals surface area (Å²) in [6.07, 6.45) is -10.8. The van der Waals surface area contributed by atoms with Crippen LogP contribution in [0.15, 0.2) is 18.7 Å². The van der Waals surface area contributed by atoms with Crippen LogP contribution in [0.2, 0.25) is 0 Å². The van der Waals surface area contributed by atoms with Crippen molar-refractivity contribution in [1.82, 2.24) is 4.57 Å². The topological polar surface area (TPSA) is 48.9 Å². The molecule has 0 saturated carbocycles. The number of imidazole rings is 1. The van der Waals surface area contributed by atoms with E-state index in [4.69, 9.17) is 9.90 Å². The Labute approximate surface area is 135 Å². The number of unbranched alkanes of at least 4 members (excludes halogenated alkanes) is 1. The van der Waals surface area contributed by atoms with Crippen LogP contribution in [0.3, 0.4) is 0 Å². The van der Waals surface area contributed by atoms with E-state index < -0.39 is 30.5 Å². The van der Waals surface area contributed by atoms with E-state index in [0.717, 1.165) is 18.9 Å². The minimum atomic E-state index is -5.60. The van der Waals surface area contributed by atoms with E-state index in [1.54, 1.807) is 0 Å². The molecule has 1 aromatic heterocycles. The zero-order valence-corrected chi connectivity index (χ0v) is 12.5. The number of aliphatic carboxylic acids is 1. The lowest BCUT2D eigenvalue weighted by molar-refractivity contribution is -0.697. The minimum absolute atomic E-state index is 0.0547. The molecule has 0 spiro atoms. The van der Waals surface area contributed by atoms with Crippen LogP contribution in [0.25, 0.3) is 0 Å². The highest BCUT2D eigenvalue weighted by molar-refractivity contribution is 5.70. The molecule has 0 saturated heterocycles. The molecule has 0 amide bonds. The van der Waals surface area contributed by atoms with E-state index in [9.17, 15) is 39.5 Å². The Hall–Kier alpha value is -1.95. The molecule has 146 valence electrons. The highest BCUT2D eigenvalue weighted by Gasteiger charge is 2.61. The molecule has 1 rings (SSSR count). The van der Waals surface area contributed by atoms with Crippen LogP contribution in [0.1, 0.15) is 19.8 Å². The van der Waals surface area contributed by atoms with Crippen LogP contribution in [-0.4, -0.2) is 29.1 Å². The molecule has 0 fully saturated rings. The molecule has 1 heterocycles. The average Bonchev–Trinajstić information content (AvgIpc) is 2.92. The van der Waals surface area contributed by atoms with Gasteiger partial charge < -0.3 is 9.90 Å². The van der Waals surface area contributed by atoms with E-state index in [0.29, 0.717) is 13.0 Å². The summed E-state index contributed by atoms with van der Waals surface area (Å²) in [4.78, 5) is 8.78. The fourth-order valence-electron chi connectivity index (χ4n) is 1.37. The molecular weight excluding hydrogens is 375 g/mol. The SMILES string of the molecule is CCCC[n+]1ccn(C(F)(F)C(F)C(F)(F)F)c1.O=C([O-])C(F)(F)F. The molecule has 4 nitrogen and oxygen atoms in total. The van der Waals surface area contributed by atoms with Crippen molar-refractivity contribution in [2.75, 3.05) is 0 Å². The zero-order valence-electron chi connectivity index (χ0n) is 12.5. The summed E-state index contributed by atoms with van der Waals surface area (Å²) in [7, 11) is 0. The summed E-state index contributed by atoms with van der Waals surface area (Å²) in [6, 6.07) is -4.64. The summed E-state index contributed by atoms with van der Waals surface area (Å²) in [5, 5.41) is 8.78. The van der Waals surface area contributed by atoms with Gasteiger partial charge in [-0.05, 0) is 6.42 Å². The smallest absolute Gasteiger partial charge is 0.437 e. The van der Waals surface area contributed by atoms with Crippen LogP contribution in [0, 0.1) is 0 Å². The normalized spacial score (nSPS) is 13.8. The Morgan fingerprint density at radius 1 is 1.16 bits per heavy atom. The van der Waals surface area contributed by atoms with E-state index in [1.165, 1.54) is 10.8 Å². The second-order valence-electron chi connectivity index (χ2n) is 4.69. The number of aromatic nitrogens is 2. The largest absolute Gasteiger partial charge is 0.542 e. The quantitative estimate of drug-likeness (QED) is 0.574. The predicted octanol–water partition coefficient (Wildman–Crippen LogP) is 2.32. The van der Waals surface area contributed by atoms with Crippen LogP contribution in [-0.2, 0) is 17.4 Å². The number of aryl methyl sites for hydroxylation is 1. The predicted molar refractivity (Wildman–Crippen MR) is 61.7 cm³/mol. The molecule has 1 atom stereocenters. The van der Waals surface area contributed by atoms with Gasteiger partial charge in [-0.1, -0.05) is 13.3 Å². The van der Waals surface area contributed by atoms with Crippen LogP contribution < -0.4 is 9.67 Å². The number of rotatable bonds is 5. The second kappa shape index (κ2) is 8.43. The van der Waals surface area contributed by atoms with Gasteiger partial charge in [-0.2, -0.15) is 39.7 Å². The maximum Gasteiger partial charge on any atom is 0.437 e. The standard InChI is InChI=1S/C10H13F6N2.C2HF3O2/c1-2-3-4-17-5-6-18(7-17)10(15,16)8(11)9(12,13)14;3-2(4,5)1(6)7/h5-8H,2-4H2,1H3;(H,6,7)/q+1;/p-1. The molecule has 1 unspecified atom stereocenters. The lowest BCUT2D eigenvalue weighted by Crippen LogP contribution is -2.44. The Bertz CT molecular complexity index is 552. The summed E-state index contributed by atoms with van der Waals surface area (Å²) >= 11 is 0. The molecule has 0 radical (unpaired) electrons. The van der Waals surface area contributed by atoms with Gasteiger partial charge in [0.1, 0.15) is 18.4 Å². The molecule has 25 heavy (non-hydrogen) atoms. The van der Waals surface area contributed by atoms with Gasteiger partial charge in [0, 0.05) is 0 Å². The van der Waals surface area contributed by atoms with E-state index in [1.807, 2.05) is 6.92 Å². The fraction of sp³-hybridized carbons (Fsp3) is 0.667. The van der Waals surface area contributed by atoms with Gasteiger partial charge in [-0.3, -0.25) is 0 Å². The van der Waals surface area contributed by atoms with Crippen LogP contribution in [0.4, 0.5) is 39.5 Å². The molecular formula is C12H13F9N2O2. The molecule has 13 heteroatoms. The van der Waals surface area contributed by atoms with Crippen molar-refractivity contribution in [3.63, 3.8) is 0 Å². The molecule has 0 bridgehead atoms. The highest BCUT2D eigenvalue weighted by atomic mass is 19.4. The molecule has 0 N–H and O–H groups in total. The summed E-state index contributed by atoms with van der Waals surface area (Å²) < 4.78 is 108. The molecule has 0 aliphatic heterocycles. The van der Waals surface area contributed by atoms with E-state index in [-0.39, 0.29) is 4.57 Å². The van der Waals surface area contributed by atoms with E-state index in [2.05, 4.69) is 0 Å². The maximum atomic E-state index is 13.2.